The minimum absolute atomic E-state index is 0.0625. The van der Waals surface area contributed by atoms with Crippen LogP contribution in [-0.4, -0.2) is 44.2 Å². The zero-order valence-corrected chi connectivity index (χ0v) is 14.4. The molecule has 0 unspecified atom stereocenters. The van der Waals surface area contributed by atoms with Gasteiger partial charge in [-0.05, 0) is 24.3 Å². The van der Waals surface area contributed by atoms with E-state index in [-0.39, 0.29) is 6.61 Å². The number of benzene rings is 2. The SMILES string of the molecule is CO[C@@H]1O[C@@H](COC(=O)c2ccccc2)C[C@H]1OC(=O)c1ccccc1. The Kier molecular flexibility index (Phi) is 5.99. The Morgan fingerprint density at radius 1 is 0.962 bits per heavy atom. The fourth-order valence-corrected chi connectivity index (χ4v) is 2.73. The van der Waals surface area contributed by atoms with Crippen molar-refractivity contribution in [2.45, 2.75) is 24.9 Å². The first-order chi connectivity index (χ1) is 12.7. The molecule has 0 N–H and O–H groups in total. The maximum atomic E-state index is 12.2. The average molecular weight is 356 g/mol. The molecule has 26 heavy (non-hydrogen) atoms. The fourth-order valence-electron chi connectivity index (χ4n) is 2.73. The van der Waals surface area contributed by atoms with Crippen LogP contribution in [-0.2, 0) is 18.9 Å². The highest BCUT2D eigenvalue weighted by Crippen LogP contribution is 2.25. The second-order valence-electron chi connectivity index (χ2n) is 5.87. The van der Waals surface area contributed by atoms with Crippen LogP contribution in [0.15, 0.2) is 60.7 Å². The third-order valence-corrected chi connectivity index (χ3v) is 4.04. The maximum absolute atomic E-state index is 12.2. The van der Waals surface area contributed by atoms with Crippen molar-refractivity contribution in [2.24, 2.45) is 0 Å². The molecule has 0 amide bonds. The van der Waals surface area contributed by atoms with Crippen molar-refractivity contribution in [3.63, 3.8) is 0 Å². The van der Waals surface area contributed by atoms with E-state index in [0.717, 1.165) is 0 Å². The molecule has 0 spiro atoms. The highest BCUT2D eigenvalue weighted by atomic mass is 16.7. The third-order valence-electron chi connectivity index (χ3n) is 4.04. The first-order valence-electron chi connectivity index (χ1n) is 8.34. The van der Waals surface area contributed by atoms with Gasteiger partial charge < -0.3 is 18.9 Å². The van der Waals surface area contributed by atoms with Gasteiger partial charge in [-0.25, -0.2) is 9.59 Å². The summed E-state index contributed by atoms with van der Waals surface area (Å²) in [6, 6.07) is 17.4. The van der Waals surface area contributed by atoms with Crippen LogP contribution in [0.1, 0.15) is 27.1 Å². The number of hydrogen-bond donors (Lipinski definition) is 0. The summed E-state index contributed by atoms with van der Waals surface area (Å²) in [7, 11) is 1.48. The van der Waals surface area contributed by atoms with Crippen molar-refractivity contribution < 1.29 is 28.5 Å². The molecule has 3 atom stereocenters. The largest absolute Gasteiger partial charge is 0.459 e. The highest BCUT2D eigenvalue weighted by molar-refractivity contribution is 5.89. The van der Waals surface area contributed by atoms with Crippen LogP contribution < -0.4 is 0 Å². The van der Waals surface area contributed by atoms with Gasteiger partial charge in [-0.3, -0.25) is 0 Å². The Labute approximate surface area is 151 Å². The summed E-state index contributed by atoms with van der Waals surface area (Å²) < 4.78 is 21.7. The Morgan fingerprint density at radius 2 is 1.54 bits per heavy atom. The van der Waals surface area contributed by atoms with Gasteiger partial charge in [0.1, 0.15) is 6.61 Å². The fraction of sp³-hybridized carbons (Fsp3) is 0.300. The van der Waals surface area contributed by atoms with Crippen molar-refractivity contribution in [1.82, 2.24) is 0 Å². The van der Waals surface area contributed by atoms with E-state index < -0.39 is 30.4 Å². The summed E-state index contributed by atoms with van der Waals surface area (Å²) in [5, 5.41) is 0. The van der Waals surface area contributed by atoms with Gasteiger partial charge in [-0.2, -0.15) is 0 Å². The van der Waals surface area contributed by atoms with Crippen molar-refractivity contribution >= 4 is 11.9 Å². The van der Waals surface area contributed by atoms with E-state index in [1.165, 1.54) is 7.11 Å². The predicted molar refractivity (Wildman–Crippen MR) is 92.7 cm³/mol. The number of methoxy groups -OCH3 is 1. The number of rotatable bonds is 6. The minimum Gasteiger partial charge on any atom is -0.459 e. The van der Waals surface area contributed by atoms with Gasteiger partial charge in [0.15, 0.2) is 12.4 Å². The topological polar surface area (TPSA) is 71.1 Å². The van der Waals surface area contributed by atoms with E-state index in [4.69, 9.17) is 18.9 Å². The average Bonchev–Trinajstić information content (AvgIpc) is 3.09. The lowest BCUT2D eigenvalue weighted by molar-refractivity contribution is -0.154. The van der Waals surface area contributed by atoms with E-state index in [1.807, 2.05) is 12.1 Å². The second-order valence-corrected chi connectivity index (χ2v) is 5.87. The summed E-state index contributed by atoms with van der Waals surface area (Å²) in [4.78, 5) is 24.2. The van der Waals surface area contributed by atoms with Crippen LogP contribution in [0, 0.1) is 0 Å². The number of carbonyl (C=O) groups excluding carboxylic acids is 2. The van der Waals surface area contributed by atoms with Gasteiger partial charge in [-0.1, -0.05) is 36.4 Å². The maximum Gasteiger partial charge on any atom is 0.338 e. The second kappa shape index (κ2) is 8.60. The third kappa shape index (κ3) is 4.47. The molecule has 2 aromatic rings. The molecule has 0 saturated carbocycles. The molecule has 2 aromatic carbocycles. The summed E-state index contributed by atoms with van der Waals surface area (Å²) in [5.41, 5.74) is 0.933. The Morgan fingerprint density at radius 3 is 2.12 bits per heavy atom. The molecule has 136 valence electrons. The molecule has 0 aromatic heterocycles. The zero-order chi connectivity index (χ0) is 18.4. The van der Waals surface area contributed by atoms with Gasteiger partial charge in [0, 0.05) is 13.5 Å². The monoisotopic (exact) mass is 356 g/mol. The van der Waals surface area contributed by atoms with Crippen molar-refractivity contribution in [3.05, 3.63) is 71.8 Å². The molecule has 0 bridgehead atoms. The number of hydrogen-bond acceptors (Lipinski definition) is 6. The lowest BCUT2D eigenvalue weighted by Gasteiger charge is -2.17. The van der Waals surface area contributed by atoms with Crippen LogP contribution in [0.5, 0.6) is 0 Å². The summed E-state index contributed by atoms with van der Waals surface area (Å²) >= 11 is 0. The number of ether oxygens (including phenoxy) is 4. The first kappa shape index (κ1) is 18.1. The van der Waals surface area contributed by atoms with Crippen LogP contribution in [0.25, 0.3) is 0 Å². The molecule has 1 heterocycles. The normalized spacial score (nSPS) is 22.0. The predicted octanol–water partition coefficient (Wildman–Crippen LogP) is 2.83. The standard InChI is InChI=1S/C20H20O6/c1-23-20-17(26-19(22)15-10-6-3-7-11-15)12-16(25-20)13-24-18(21)14-8-4-2-5-9-14/h2-11,16-17,20H,12-13H2,1H3/t16-,17-,20-/m1/s1. The minimum atomic E-state index is -0.692. The quantitative estimate of drug-likeness (QED) is 0.741. The molecule has 6 heteroatoms. The molecule has 3 rings (SSSR count). The molecular formula is C20H20O6. The van der Waals surface area contributed by atoms with Gasteiger partial charge in [0.2, 0.25) is 0 Å². The summed E-state index contributed by atoms with van der Waals surface area (Å²) in [5.74, 6) is -0.865. The van der Waals surface area contributed by atoms with Crippen LogP contribution >= 0.6 is 0 Å². The van der Waals surface area contributed by atoms with E-state index in [9.17, 15) is 9.59 Å². The van der Waals surface area contributed by atoms with E-state index >= 15 is 0 Å². The molecule has 6 nitrogen and oxygen atoms in total. The Bertz CT molecular complexity index is 730. The zero-order valence-electron chi connectivity index (χ0n) is 14.4. The molecule has 0 aliphatic carbocycles. The van der Waals surface area contributed by atoms with E-state index in [2.05, 4.69) is 0 Å². The number of carbonyl (C=O) groups is 2. The van der Waals surface area contributed by atoms with Gasteiger partial charge in [-0.15, -0.1) is 0 Å². The van der Waals surface area contributed by atoms with Gasteiger partial charge >= 0.3 is 11.9 Å². The van der Waals surface area contributed by atoms with E-state index in [1.54, 1.807) is 48.5 Å². The van der Waals surface area contributed by atoms with Crippen LogP contribution in [0.2, 0.25) is 0 Å². The van der Waals surface area contributed by atoms with Gasteiger partial charge in [0.05, 0.1) is 17.2 Å². The van der Waals surface area contributed by atoms with Crippen molar-refractivity contribution in [2.75, 3.05) is 13.7 Å². The van der Waals surface area contributed by atoms with E-state index in [0.29, 0.717) is 17.5 Å². The Balaban J connectivity index is 1.53. The van der Waals surface area contributed by atoms with Crippen LogP contribution in [0.3, 0.4) is 0 Å². The molecule has 1 aliphatic rings. The Hall–Kier alpha value is -2.70. The highest BCUT2D eigenvalue weighted by Gasteiger charge is 2.39. The molecule has 1 fully saturated rings. The first-order valence-corrected chi connectivity index (χ1v) is 8.34. The lowest BCUT2D eigenvalue weighted by atomic mass is 10.2. The van der Waals surface area contributed by atoms with Gasteiger partial charge in [0.25, 0.3) is 0 Å². The summed E-state index contributed by atoms with van der Waals surface area (Å²) in [6.45, 7) is 0.0625. The molecule has 1 aliphatic heterocycles. The van der Waals surface area contributed by atoms with Crippen molar-refractivity contribution in [1.29, 1.82) is 0 Å². The lowest BCUT2D eigenvalue weighted by Crippen LogP contribution is -2.28. The van der Waals surface area contributed by atoms with Crippen LogP contribution in [0.4, 0.5) is 0 Å². The summed E-state index contributed by atoms with van der Waals surface area (Å²) in [6.07, 6.45) is -1.27. The molecule has 1 saturated heterocycles. The molecular weight excluding hydrogens is 336 g/mol. The molecule has 0 radical (unpaired) electrons. The number of esters is 2. The smallest absolute Gasteiger partial charge is 0.338 e. The van der Waals surface area contributed by atoms with Crippen molar-refractivity contribution in [3.8, 4) is 0 Å².